The van der Waals surface area contributed by atoms with Crippen LogP contribution in [-0.4, -0.2) is 15.7 Å². The number of nitrogens with two attached hydrogens (primary N) is 1. The van der Waals surface area contributed by atoms with Crippen LogP contribution in [0, 0.1) is 13.8 Å². The molecule has 100 valence electrons. The zero-order valence-electron chi connectivity index (χ0n) is 11.2. The van der Waals surface area contributed by atoms with Crippen LogP contribution in [0.5, 0.6) is 0 Å². The van der Waals surface area contributed by atoms with Crippen LogP contribution in [0.3, 0.4) is 0 Å². The maximum absolute atomic E-state index is 11.9. The van der Waals surface area contributed by atoms with Gasteiger partial charge < -0.3 is 11.1 Å². The van der Waals surface area contributed by atoms with Gasteiger partial charge >= 0.3 is 0 Å². The van der Waals surface area contributed by atoms with E-state index in [0.717, 1.165) is 16.8 Å². The van der Waals surface area contributed by atoms with E-state index in [2.05, 4.69) is 10.4 Å². The van der Waals surface area contributed by atoms with Gasteiger partial charge in [-0.05, 0) is 37.1 Å². The van der Waals surface area contributed by atoms with Crippen LogP contribution in [-0.2, 0) is 11.3 Å². The normalized spacial score (nSPS) is 10.4. The lowest BCUT2D eigenvalue weighted by molar-refractivity contribution is -0.116. The molecule has 0 aliphatic heterocycles. The van der Waals surface area contributed by atoms with Crippen molar-refractivity contribution in [3.63, 3.8) is 0 Å². The molecule has 0 spiro atoms. The van der Waals surface area contributed by atoms with Crippen LogP contribution >= 0.6 is 0 Å². The zero-order chi connectivity index (χ0) is 13.8. The molecule has 1 aromatic heterocycles. The molecule has 1 heterocycles. The van der Waals surface area contributed by atoms with Gasteiger partial charge in [-0.3, -0.25) is 9.48 Å². The number of amides is 1. The lowest BCUT2D eigenvalue weighted by Gasteiger charge is -2.10. The molecule has 0 unspecified atom stereocenters. The number of nitrogens with one attached hydrogen (secondary N) is 1. The maximum Gasteiger partial charge on any atom is 0.226 e. The average Bonchev–Trinajstić information content (AvgIpc) is 2.78. The van der Waals surface area contributed by atoms with E-state index in [1.165, 1.54) is 0 Å². The molecule has 5 nitrogen and oxygen atoms in total. The minimum Gasteiger partial charge on any atom is -0.398 e. The summed E-state index contributed by atoms with van der Waals surface area (Å²) in [5, 5.41) is 7.01. The Morgan fingerprint density at radius 2 is 2.21 bits per heavy atom. The Bertz CT molecular complexity index is 589. The van der Waals surface area contributed by atoms with Gasteiger partial charge in [0.25, 0.3) is 0 Å². The third kappa shape index (κ3) is 3.34. The fourth-order valence-corrected chi connectivity index (χ4v) is 1.81. The van der Waals surface area contributed by atoms with Crippen LogP contribution in [0.1, 0.15) is 17.5 Å². The predicted molar refractivity (Wildman–Crippen MR) is 75.8 cm³/mol. The number of hydrogen-bond acceptors (Lipinski definition) is 3. The van der Waals surface area contributed by atoms with Crippen molar-refractivity contribution in [2.24, 2.45) is 0 Å². The number of nitrogen functional groups attached to an aromatic ring is 1. The largest absolute Gasteiger partial charge is 0.398 e. The molecule has 2 rings (SSSR count). The molecule has 0 radical (unpaired) electrons. The molecule has 5 heteroatoms. The van der Waals surface area contributed by atoms with Crippen molar-refractivity contribution in [1.29, 1.82) is 0 Å². The first-order valence-corrected chi connectivity index (χ1v) is 6.20. The van der Waals surface area contributed by atoms with Crippen molar-refractivity contribution in [1.82, 2.24) is 9.78 Å². The molecule has 2 aromatic rings. The van der Waals surface area contributed by atoms with E-state index in [1.54, 1.807) is 10.9 Å². The molecule has 0 fully saturated rings. The first-order valence-electron chi connectivity index (χ1n) is 6.20. The summed E-state index contributed by atoms with van der Waals surface area (Å²) in [4.78, 5) is 11.9. The van der Waals surface area contributed by atoms with Crippen molar-refractivity contribution in [3.05, 3.63) is 41.7 Å². The Morgan fingerprint density at radius 3 is 2.89 bits per heavy atom. The van der Waals surface area contributed by atoms with Crippen molar-refractivity contribution in [3.8, 4) is 0 Å². The predicted octanol–water partition coefficient (Wildman–Crippen LogP) is 2.11. The Kier molecular flexibility index (Phi) is 3.85. The molecule has 19 heavy (non-hydrogen) atoms. The lowest BCUT2D eigenvalue weighted by Crippen LogP contribution is -2.15. The molecule has 0 atom stereocenters. The van der Waals surface area contributed by atoms with Crippen LogP contribution in [0.25, 0.3) is 0 Å². The summed E-state index contributed by atoms with van der Waals surface area (Å²) >= 11 is 0. The Labute approximate surface area is 112 Å². The first-order chi connectivity index (χ1) is 9.06. The monoisotopic (exact) mass is 258 g/mol. The minimum atomic E-state index is -0.0400. The summed E-state index contributed by atoms with van der Waals surface area (Å²) in [6.07, 6.45) is 4.08. The number of carbonyl (C=O) groups excluding carboxylic acids is 1. The van der Waals surface area contributed by atoms with Gasteiger partial charge in [-0.1, -0.05) is 6.07 Å². The summed E-state index contributed by atoms with van der Waals surface area (Å²) in [7, 11) is 0. The second kappa shape index (κ2) is 5.56. The van der Waals surface area contributed by atoms with Crippen LogP contribution in [0.15, 0.2) is 30.6 Å². The summed E-state index contributed by atoms with van der Waals surface area (Å²) in [5.41, 5.74) is 9.23. The van der Waals surface area contributed by atoms with Gasteiger partial charge in [-0.15, -0.1) is 0 Å². The van der Waals surface area contributed by atoms with Gasteiger partial charge in [0.05, 0.1) is 6.20 Å². The van der Waals surface area contributed by atoms with Gasteiger partial charge in [0.15, 0.2) is 0 Å². The highest BCUT2D eigenvalue weighted by atomic mass is 16.1. The van der Waals surface area contributed by atoms with Crippen LogP contribution in [0.4, 0.5) is 11.4 Å². The number of hydrogen-bond donors (Lipinski definition) is 2. The van der Waals surface area contributed by atoms with Crippen LogP contribution < -0.4 is 11.1 Å². The van der Waals surface area contributed by atoms with Gasteiger partial charge in [0.2, 0.25) is 5.91 Å². The van der Waals surface area contributed by atoms with Gasteiger partial charge in [-0.2, -0.15) is 5.10 Å². The maximum atomic E-state index is 11.9. The van der Waals surface area contributed by atoms with Gasteiger partial charge in [0, 0.05) is 30.5 Å². The number of anilines is 2. The topological polar surface area (TPSA) is 72.9 Å². The van der Waals surface area contributed by atoms with Crippen molar-refractivity contribution in [2.75, 3.05) is 11.1 Å². The molecule has 1 aromatic carbocycles. The van der Waals surface area contributed by atoms with E-state index >= 15 is 0 Å². The number of benzene rings is 1. The van der Waals surface area contributed by atoms with E-state index in [4.69, 9.17) is 5.73 Å². The fourth-order valence-electron chi connectivity index (χ4n) is 1.81. The highest BCUT2D eigenvalue weighted by molar-refractivity contribution is 5.92. The fraction of sp³-hybridized carbons (Fsp3) is 0.286. The molecule has 3 N–H and O–H groups in total. The summed E-state index contributed by atoms with van der Waals surface area (Å²) in [6, 6.07) is 5.49. The molecule has 1 amide bonds. The first kappa shape index (κ1) is 13.1. The second-order valence-electron chi connectivity index (χ2n) is 4.60. The Morgan fingerprint density at radius 1 is 1.42 bits per heavy atom. The Hall–Kier alpha value is -2.30. The van der Waals surface area contributed by atoms with Gasteiger partial charge in [-0.25, -0.2) is 0 Å². The number of carbonyl (C=O) groups is 1. The molecular weight excluding hydrogens is 240 g/mol. The molecular formula is C14H18N4O. The smallest absolute Gasteiger partial charge is 0.226 e. The molecule has 0 bridgehead atoms. The van der Waals surface area contributed by atoms with Crippen molar-refractivity contribution >= 4 is 17.3 Å². The van der Waals surface area contributed by atoms with E-state index in [1.807, 2.05) is 38.2 Å². The quantitative estimate of drug-likeness (QED) is 0.825. The van der Waals surface area contributed by atoms with Crippen molar-refractivity contribution < 1.29 is 4.79 Å². The number of rotatable bonds is 4. The highest BCUT2D eigenvalue weighted by Gasteiger charge is 2.06. The van der Waals surface area contributed by atoms with Crippen LogP contribution in [0.2, 0.25) is 0 Å². The van der Waals surface area contributed by atoms with Gasteiger partial charge in [0.1, 0.15) is 0 Å². The molecule has 0 saturated heterocycles. The number of nitrogens with zero attached hydrogens (tertiary/aromatic N) is 2. The number of aryl methyl sites for hydroxylation is 2. The standard InChI is InChI=1S/C14H18N4O/c1-10-8-16-18(9-10)7-6-14(19)17-13-5-3-4-12(15)11(13)2/h3-5,8-9H,6-7,15H2,1-2H3,(H,17,19). The lowest BCUT2D eigenvalue weighted by atomic mass is 10.1. The van der Waals surface area contributed by atoms with E-state index < -0.39 is 0 Å². The summed E-state index contributed by atoms with van der Waals surface area (Å²) < 4.78 is 1.77. The third-order valence-electron chi connectivity index (χ3n) is 2.98. The number of aromatic nitrogens is 2. The molecule has 0 aliphatic rings. The highest BCUT2D eigenvalue weighted by Crippen LogP contribution is 2.20. The molecule has 0 saturated carbocycles. The SMILES string of the molecule is Cc1cnn(CCC(=O)Nc2cccc(N)c2C)c1. The van der Waals surface area contributed by atoms with Crippen molar-refractivity contribution in [2.45, 2.75) is 26.8 Å². The zero-order valence-corrected chi connectivity index (χ0v) is 11.2. The van der Waals surface area contributed by atoms with E-state index in [0.29, 0.717) is 18.7 Å². The average molecular weight is 258 g/mol. The Balaban J connectivity index is 1.92. The van der Waals surface area contributed by atoms with E-state index in [-0.39, 0.29) is 5.91 Å². The summed E-state index contributed by atoms with van der Waals surface area (Å²) in [5.74, 6) is -0.0400. The summed E-state index contributed by atoms with van der Waals surface area (Å²) in [6.45, 7) is 4.43. The molecule has 0 aliphatic carbocycles. The minimum absolute atomic E-state index is 0.0400. The second-order valence-corrected chi connectivity index (χ2v) is 4.60. The third-order valence-corrected chi connectivity index (χ3v) is 2.98. The van der Waals surface area contributed by atoms with E-state index in [9.17, 15) is 4.79 Å².